The molecule has 1 amide bonds. The van der Waals surface area contributed by atoms with E-state index >= 15 is 0 Å². The molecule has 2 aromatic heterocycles. The van der Waals surface area contributed by atoms with Gasteiger partial charge in [-0.05, 0) is 42.2 Å². The Morgan fingerprint density at radius 1 is 1.10 bits per heavy atom. The fraction of sp³-hybridized carbons (Fsp3) is 0.227. The number of rotatable bonds is 5. The summed E-state index contributed by atoms with van der Waals surface area (Å²) < 4.78 is 0.597. The lowest BCUT2D eigenvalue weighted by Gasteiger charge is -2.18. The molecule has 1 fully saturated rings. The molecule has 1 aliphatic rings. The number of amidine groups is 1. The molecule has 4 rings (SSSR count). The van der Waals surface area contributed by atoms with Gasteiger partial charge in [-0.25, -0.2) is 0 Å². The first-order valence-electron chi connectivity index (χ1n) is 9.52. The van der Waals surface area contributed by atoms with Crippen molar-refractivity contribution in [1.82, 2.24) is 15.2 Å². The molecule has 1 aliphatic heterocycles. The third-order valence-electron chi connectivity index (χ3n) is 4.96. The van der Waals surface area contributed by atoms with Crippen molar-refractivity contribution in [3.05, 3.63) is 75.2 Å². The molecule has 1 aromatic carbocycles. The van der Waals surface area contributed by atoms with Crippen molar-refractivity contribution >= 4 is 34.7 Å². The number of thiophene rings is 1. The van der Waals surface area contributed by atoms with Crippen molar-refractivity contribution in [3.63, 3.8) is 0 Å². The van der Waals surface area contributed by atoms with Gasteiger partial charge in [-0.2, -0.15) is 0 Å². The maximum atomic E-state index is 12.2. The Labute approximate surface area is 178 Å². The van der Waals surface area contributed by atoms with E-state index in [9.17, 15) is 4.79 Å². The van der Waals surface area contributed by atoms with Crippen molar-refractivity contribution in [3.8, 4) is 11.1 Å². The molecule has 3 aromatic rings. The highest BCUT2D eigenvalue weighted by Gasteiger charge is 2.16. The van der Waals surface area contributed by atoms with Crippen LogP contribution in [0.25, 0.3) is 11.1 Å². The van der Waals surface area contributed by atoms with Crippen LogP contribution < -0.4 is 5.32 Å². The average Bonchev–Trinajstić information content (AvgIpc) is 3.44. The highest BCUT2D eigenvalue weighted by Crippen LogP contribution is 2.23. The predicted molar refractivity (Wildman–Crippen MR) is 118 cm³/mol. The van der Waals surface area contributed by atoms with Crippen molar-refractivity contribution in [2.75, 3.05) is 13.1 Å². The number of carbonyl (C=O) groups is 1. The van der Waals surface area contributed by atoms with Crippen molar-refractivity contribution in [1.29, 1.82) is 5.41 Å². The molecule has 0 bridgehead atoms. The number of hydrogen-bond acceptors (Lipinski definition) is 4. The Morgan fingerprint density at radius 2 is 1.86 bits per heavy atom. The molecular formula is C22H21ClN4OS. The third-order valence-corrected chi connectivity index (χ3v) is 6.19. The number of pyridine rings is 1. The summed E-state index contributed by atoms with van der Waals surface area (Å²) in [5.41, 5.74) is 3.87. The van der Waals surface area contributed by atoms with Gasteiger partial charge in [0.25, 0.3) is 5.91 Å². The van der Waals surface area contributed by atoms with E-state index < -0.39 is 0 Å². The first-order valence-corrected chi connectivity index (χ1v) is 10.7. The van der Waals surface area contributed by atoms with Crippen LogP contribution in [0.4, 0.5) is 0 Å². The highest BCUT2D eigenvalue weighted by atomic mass is 35.5. The van der Waals surface area contributed by atoms with Gasteiger partial charge < -0.3 is 10.2 Å². The third kappa shape index (κ3) is 4.66. The Kier molecular flexibility index (Phi) is 5.92. The van der Waals surface area contributed by atoms with Crippen LogP contribution in [0.5, 0.6) is 0 Å². The minimum atomic E-state index is -0.142. The molecule has 0 saturated carbocycles. The smallest absolute Gasteiger partial charge is 0.261 e. The van der Waals surface area contributed by atoms with Crippen molar-refractivity contribution in [2.45, 2.75) is 19.4 Å². The zero-order chi connectivity index (χ0) is 20.2. The number of benzene rings is 1. The first kappa shape index (κ1) is 19.6. The summed E-state index contributed by atoms with van der Waals surface area (Å²) >= 11 is 7.15. The van der Waals surface area contributed by atoms with Crippen LogP contribution in [-0.4, -0.2) is 34.7 Å². The Hall–Kier alpha value is -2.70. The lowest BCUT2D eigenvalue weighted by atomic mass is 10.0. The summed E-state index contributed by atoms with van der Waals surface area (Å²) in [5, 5.41) is 11.3. The van der Waals surface area contributed by atoms with Gasteiger partial charge in [0, 0.05) is 43.2 Å². The lowest BCUT2D eigenvalue weighted by molar-refractivity contribution is 0.0955. The van der Waals surface area contributed by atoms with Crippen LogP contribution in [0.3, 0.4) is 0 Å². The Balaban J connectivity index is 1.42. The topological polar surface area (TPSA) is 69.1 Å². The van der Waals surface area contributed by atoms with Crippen LogP contribution in [0.2, 0.25) is 4.34 Å². The van der Waals surface area contributed by atoms with E-state index in [0.29, 0.717) is 21.6 Å². The van der Waals surface area contributed by atoms with E-state index in [2.05, 4.69) is 15.2 Å². The largest absolute Gasteiger partial charge is 0.357 e. The molecule has 2 N–H and O–H groups in total. The molecule has 7 heteroatoms. The quantitative estimate of drug-likeness (QED) is 0.456. The summed E-state index contributed by atoms with van der Waals surface area (Å²) in [6.45, 7) is 2.33. The van der Waals surface area contributed by atoms with E-state index in [1.165, 1.54) is 11.3 Å². The van der Waals surface area contributed by atoms with Gasteiger partial charge in [-0.3, -0.25) is 15.2 Å². The standard InChI is InChI=1S/C22H21ClN4OS/c23-20-8-7-19(29-20)22(28)26-13-15-11-18(14-25-12-15)16-3-5-17(6-4-16)21(24)27-9-1-2-10-27/h3-8,11-12,14,24H,1-2,9-10,13H2,(H,26,28). The number of amides is 1. The van der Waals surface area contributed by atoms with Crippen LogP contribution in [0, 0.1) is 5.41 Å². The van der Waals surface area contributed by atoms with E-state index in [0.717, 1.165) is 48.2 Å². The normalized spacial score (nSPS) is 13.5. The predicted octanol–water partition coefficient (Wildman–Crippen LogP) is 4.81. The summed E-state index contributed by atoms with van der Waals surface area (Å²) in [6.07, 6.45) is 5.89. The van der Waals surface area contributed by atoms with E-state index in [4.69, 9.17) is 17.0 Å². The van der Waals surface area contributed by atoms with Gasteiger partial charge in [-0.15, -0.1) is 11.3 Å². The van der Waals surface area contributed by atoms with Gasteiger partial charge in [0.2, 0.25) is 0 Å². The number of nitrogens with one attached hydrogen (secondary N) is 2. The number of carbonyl (C=O) groups excluding carboxylic acids is 1. The number of halogens is 1. The Morgan fingerprint density at radius 3 is 2.55 bits per heavy atom. The van der Waals surface area contributed by atoms with Crippen molar-refractivity contribution in [2.24, 2.45) is 0 Å². The van der Waals surface area contributed by atoms with Crippen LogP contribution in [0.1, 0.15) is 33.6 Å². The fourth-order valence-electron chi connectivity index (χ4n) is 3.39. The fourth-order valence-corrected chi connectivity index (χ4v) is 4.35. The van der Waals surface area contributed by atoms with Gasteiger partial charge >= 0.3 is 0 Å². The second-order valence-electron chi connectivity index (χ2n) is 6.99. The molecule has 0 spiro atoms. The van der Waals surface area contributed by atoms with Gasteiger partial charge in [-0.1, -0.05) is 35.9 Å². The van der Waals surface area contributed by atoms with E-state index in [-0.39, 0.29) is 5.91 Å². The molecule has 1 saturated heterocycles. The lowest BCUT2D eigenvalue weighted by Crippen LogP contribution is -2.27. The second kappa shape index (κ2) is 8.76. The number of aromatic nitrogens is 1. The summed E-state index contributed by atoms with van der Waals surface area (Å²) in [5.74, 6) is 0.453. The van der Waals surface area contributed by atoms with E-state index in [1.807, 2.05) is 36.5 Å². The zero-order valence-electron chi connectivity index (χ0n) is 15.8. The SMILES string of the molecule is N=C(c1ccc(-c2cncc(CNC(=O)c3ccc(Cl)s3)c2)cc1)N1CCCC1. The van der Waals surface area contributed by atoms with Gasteiger partial charge in [0.05, 0.1) is 9.21 Å². The maximum Gasteiger partial charge on any atom is 0.261 e. The number of likely N-dealkylation sites (tertiary alicyclic amines) is 1. The summed E-state index contributed by atoms with van der Waals surface area (Å²) in [7, 11) is 0. The molecule has 0 unspecified atom stereocenters. The average molecular weight is 425 g/mol. The molecule has 5 nitrogen and oxygen atoms in total. The van der Waals surface area contributed by atoms with Gasteiger partial charge in [0.15, 0.2) is 0 Å². The molecule has 0 aliphatic carbocycles. The van der Waals surface area contributed by atoms with E-state index in [1.54, 1.807) is 18.3 Å². The second-order valence-corrected chi connectivity index (χ2v) is 8.70. The maximum absolute atomic E-state index is 12.2. The molecule has 0 atom stereocenters. The first-order chi connectivity index (χ1) is 14.1. The summed E-state index contributed by atoms with van der Waals surface area (Å²) in [4.78, 5) is 19.2. The monoisotopic (exact) mass is 424 g/mol. The molecular weight excluding hydrogens is 404 g/mol. The Bertz CT molecular complexity index is 1030. The molecule has 148 valence electrons. The minimum Gasteiger partial charge on any atom is -0.357 e. The number of nitrogens with zero attached hydrogens (tertiary/aromatic N) is 2. The van der Waals surface area contributed by atoms with Crippen LogP contribution in [0.15, 0.2) is 54.9 Å². The highest BCUT2D eigenvalue weighted by molar-refractivity contribution is 7.17. The minimum absolute atomic E-state index is 0.142. The molecule has 3 heterocycles. The molecule has 29 heavy (non-hydrogen) atoms. The summed E-state index contributed by atoms with van der Waals surface area (Å²) in [6, 6.07) is 13.5. The number of hydrogen-bond donors (Lipinski definition) is 2. The van der Waals surface area contributed by atoms with Crippen LogP contribution in [-0.2, 0) is 6.54 Å². The van der Waals surface area contributed by atoms with Crippen LogP contribution >= 0.6 is 22.9 Å². The van der Waals surface area contributed by atoms with Gasteiger partial charge in [0.1, 0.15) is 5.84 Å². The zero-order valence-corrected chi connectivity index (χ0v) is 17.4. The van der Waals surface area contributed by atoms with Crippen molar-refractivity contribution < 1.29 is 4.79 Å². The molecule has 0 radical (unpaired) electrons.